The molecular weight excluding hydrogens is 228 g/mol. The van der Waals surface area contributed by atoms with Gasteiger partial charge in [0.25, 0.3) is 0 Å². The highest BCUT2D eigenvalue weighted by atomic mass is 32.1. The molecule has 2 unspecified atom stereocenters. The highest BCUT2D eigenvalue weighted by Gasteiger charge is 2.26. The number of H-pyrrole nitrogens is 1. The topological polar surface area (TPSA) is 28.7 Å². The third-order valence-electron chi connectivity index (χ3n) is 4.11. The van der Waals surface area contributed by atoms with E-state index in [1.807, 2.05) is 0 Å². The maximum atomic E-state index is 5.39. The van der Waals surface area contributed by atoms with Gasteiger partial charge in [0.2, 0.25) is 0 Å². The number of aryl methyl sites for hydroxylation is 1. The van der Waals surface area contributed by atoms with Crippen molar-refractivity contribution in [2.24, 2.45) is 5.92 Å². The van der Waals surface area contributed by atoms with Crippen molar-refractivity contribution in [1.82, 2.24) is 9.97 Å². The van der Waals surface area contributed by atoms with Gasteiger partial charge >= 0.3 is 0 Å². The maximum absolute atomic E-state index is 5.39. The Bertz CT molecular complexity index is 450. The molecule has 0 aliphatic heterocycles. The molecule has 17 heavy (non-hydrogen) atoms. The van der Waals surface area contributed by atoms with E-state index in [2.05, 4.69) is 30.7 Å². The summed E-state index contributed by atoms with van der Waals surface area (Å²) in [7, 11) is 0. The van der Waals surface area contributed by atoms with E-state index in [0.717, 1.165) is 22.8 Å². The molecule has 1 heterocycles. The van der Waals surface area contributed by atoms with Crippen LogP contribution in [0.1, 0.15) is 62.5 Å². The van der Waals surface area contributed by atoms with Gasteiger partial charge in [-0.05, 0) is 38.5 Å². The van der Waals surface area contributed by atoms with Crippen molar-refractivity contribution in [1.29, 1.82) is 0 Å². The molecule has 1 aromatic heterocycles. The van der Waals surface area contributed by atoms with Crippen LogP contribution < -0.4 is 0 Å². The molecule has 0 bridgehead atoms. The summed E-state index contributed by atoms with van der Waals surface area (Å²) in [4.78, 5) is 8.09. The van der Waals surface area contributed by atoms with Gasteiger partial charge in [0.1, 0.15) is 10.5 Å². The van der Waals surface area contributed by atoms with Crippen LogP contribution in [0.5, 0.6) is 0 Å². The Morgan fingerprint density at radius 2 is 2.12 bits per heavy atom. The lowest BCUT2D eigenvalue weighted by Crippen LogP contribution is -2.06. The van der Waals surface area contributed by atoms with Crippen molar-refractivity contribution in [2.45, 2.75) is 58.8 Å². The summed E-state index contributed by atoms with van der Waals surface area (Å²) < 4.78 is 0.804. The largest absolute Gasteiger partial charge is 0.347 e. The number of nitrogens with zero attached hydrogens (tertiary/aromatic N) is 1. The molecule has 1 N–H and O–H groups in total. The quantitative estimate of drug-likeness (QED) is 0.810. The Morgan fingerprint density at radius 3 is 2.65 bits per heavy atom. The minimum absolute atomic E-state index is 0.603. The molecule has 2 nitrogen and oxygen atoms in total. The fourth-order valence-electron chi connectivity index (χ4n) is 2.94. The normalized spacial score (nSPS) is 24.2. The number of rotatable bonds is 3. The predicted molar refractivity (Wildman–Crippen MR) is 73.9 cm³/mol. The molecule has 1 saturated carbocycles. The molecule has 0 saturated heterocycles. The van der Waals surface area contributed by atoms with Crippen molar-refractivity contribution in [3.05, 3.63) is 21.7 Å². The van der Waals surface area contributed by atoms with Gasteiger partial charge < -0.3 is 4.98 Å². The second kappa shape index (κ2) is 5.30. The van der Waals surface area contributed by atoms with Gasteiger partial charge in [0.15, 0.2) is 0 Å². The van der Waals surface area contributed by atoms with Gasteiger partial charge in [-0.1, -0.05) is 32.5 Å². The monoisotopic (exact) mass is 250 g/mol. The molecule has 94 valence electrons. The first-order chi connectivity index (χ1) is 8.15. The van der Waals surface area contributed by atoms with Crippen molar-refractivity contribution in [3.8, 4) is 0 Å². The van der Waals surface area contributed by atoms with Crippen LogP contribution in [0.15, 0.2) is 0 Å². The number of hydrogen-bond acceptors (Lipinski definition) is 2. The van der Waals surface area contributed by atoms with E-state index in [0.29, 0.717) is 5.92 Å². The predicted octanol–water partition coefficient (Wildman–Crippen LogP) is 4.30. The van der Waals surface area contributed by atoms with Crippen LogP contribution in [0.3, 0.4) is 0 Å². The highest BCUT2D eigenvalue weighted by molar-refractivity contribution is 7.71. The Balaban J connectivity index is 2.26. The summed E-state index contributed by atoms with van der Waals surface area (Å²) in [5.41, 5.74) is 2.41. The van der Waals surface area contributed by atoms with Crippen LogP contribution in [0, 0.1) is 17.5 Å². The SMILES string of the molecule is CCc1c(C)[nH]c(C2CCC(CC)C2)nc1=S. The lowest BCUT2D eigenvalue weighted by atomic mass is 10.0. The standard InChI is InChI=1S/C14H22N2S/c1-4-10-6-7-11(8-10)13-15-9(3)12(5-2)14(17)16-13/h10-11H,4-8H2,1-3H3,(H,15,16,17). The molecule has 2 atom stereocenters. The van der Waals surface area contributed by atoms with Crippen LogP contribution in [0.2, 0.25) is 0 Å². The van der Waals surface area contributed by atoms with E-state index in [1.165, 1.54) is 36.9 Å². The Kier molecular flexibility index (Phi) is 3.97. The first kappa shape index (κ1) is 12.7. The molecule has 3 heteroatoms. The molecule has 0 amide bonds. The molecule has 0 spiro atoms. The fraction of sp³-hybridized carbons (Fsp3) is 0.714. The zero-order valence-electron chi connectivity index (χ0n) is 11.0. The van der Waals surface area contributed by atoms with Gasteiger partial charge in [-0.25, -0.2) is 4.98 Å². The zero-order chi connectivity index (χ0) is 12.4. The van der Waals surface area contributed by atoms with Crippen LogP contribution in [0.25, 0.3) is 0 Å². The van der Waals surface area contributed by atoms with Crippen molar-refractivity contribution < 1.29 is 0 Å². The van der Waals surface area contributed by atoms with Gasteiger partial charge in [-0.15, -0.1) is 0 Å². The van der Waals surface area contributed by atoms with E-state index in [9.17, 15) is 0 Å². The Hall–Kier alpha value is -0.700. The van der Waals surface area contributed by atoms with E-state index in [1.54, 1.807) is 0 Å². The lowest BCUT2D eigenvalue weighted by Gasteiger charge is -2.13. The average molecular weight is 250 g/mol. The minimum atomic E-state index is 0.603. The van der Waals surface area contributed by atoms with Crippen LogP contribution in [0.4, 0.5) is 0 Å². The molecule has 1 aliphatic rings. The van der Waals surface area contributed by atoms with E-state index in [4.69, 9.17) is 12.2 Å². The van der Waals surface area contributed by atoms with Crippen LogP contribution >= 0.6 is 12.2 Å². The number of nitrogens with one attached hydrogen (secondary N) is 1. The molecule has 2 rings (SSSR count). The first-order valence-corrected chi connectivity index (χ1v) is 7.16. The van der Waals surface area contributed by atoms with Gasteiger partial charge in [0, 0.05) is 17.2 Å². The minimum Gasteiger partial charge on any atom is -0.347 e. The third-order valence-corrected chi connectivity index (χ3v) is 4.44. The van der Waals surface area contributed by atoms with E-state index in [-0.39, 0.29) is 0 Å². The highest BCUT2D eigenvalue weighted by Crippen LogP contribution is 2.38. The van der Waals surface area contributed by atoms with Crippen LogP contribution in [-0.2, 0) is 6.42 Å². The van der Waals surface area contributed by atoms with Gasteiger partial charge in [0.05, 0.1) is 0 Å². The lowest BCUT2D eigenvalue weighted by molar-refractivity contribution is 0.516. The molecule has 0 aromatic carbocycles. The smallest absolute Gasteiger partial charge is 0.133 e. The fourth-order valence-corrected chi connectivity index (χ4v) is 3.33. The summed E-state index contributed by atoms with van der Waals surface area (Å²) in [6.07, 6.45) is 6.15. The van der Waals surface area contributed by atoms with Crippen molar-refractivity contribution in [3.63, 3.8) is 0 Å². The van der Waals surface area contributed by atoms with E-state index >= 15 is 0 Å². The Morgan fingerprint density at radius 1 is 1.35 bits per heavy atom. The molecule has 1 aromatic rings. The summed E-state index contributed by atoms with van der Waals surface area (Å²) in [6.45, 7) is 6.54. The molecule has 0 radical (unpaired) electrons. The summed E-state index contributed by atoms with van der Waals surface area (Å²) in [6, 6.07) is 0. The third kappa shape index (κ3) is 2.59. The van der Waals surface area contributed by atoms with Gasteiger partial charge in [-0.3, -0.25) is 0 Å². The van der Waals surface area contributed by atoms with Crippen molar-refractivity contribution in [2.75, 3.05) is 0 Å². The van der Waals surface area contributed by atoms with Gasteiger partial charge in [-0.2, -0.15) is 0 Å². The number of aromatic nitrogens is 2. The molecule has 1 fully saturated rings. The summed E-state index contributed by atoms with van der Waals surface area (Å²) in [5.74, 6) is 2.61. The van der Waals surface area contributed by atoms with Crippen LogP contribution in [-0.4, -0.2) is 9.97 Å². The average Bonchev–Trinajstić information content (AvgIpc) is 2.77. The number of hydrogen-bond donors (Lipinski definition) is 1. The summed E-state index contributed by atoms with van der Waals surface area (Å²) >= 11 is 5.39. The van der Waals surface area contributed by atoms with E-state index < -0.39 is 0 Å². The Labute approximate surface area is 109 Å². The zero-order valence-corrected chi connectivity index (χ0v) is 11.9. The summed E-state index contributed by atoms with van der Waals surface area (Å²) in [5, 5.41) is 0. The molecule has 1 aliphatic carbocycles. The molecular formula is C14H22N2S. The number of aromatic amines is 1. The second-order valence-corrected chi connectivity index (χ2v) is 5.56. The van der Waals surface area contributed by atoms with Crippen molar-refractivity contribution >= 4 is 12.2 Å². The maximum Gasteiger partial charge on any atom is 0.133 e. The first-order valence-electron chi connectivity index (χ1n) is 6.75. The second-order valence-electron chi connectivity index (χ2n) is 5.17.